The summed E-state index contributed by atoms with van der Waals surface area (Å²) >= 11 is 0. The number of amides is 1. The molecule has 1 amide bonds. The van der Waals surface area contributed by atoms with Gasteiger partial charge in [0.1, 0.15) is 0 Å². The smallest absolute Gasteiger partial charge is 0.326 e. The monoisotopic (exact) mass is 296 g/mol. The van der Waals surface area contributed by atoms with Gasteiger partial charge in [-0.2, -0.15) is 13.2 Å². The lowest BCUT2D eigenvalue weighted by molar-refractivity contribution is -0.127. The molecule has 0 radical (unpaired) electrons. The summed E-state index contributed by atoms with van der Waals surface area (Å²) in [6, 6.07) is 5.79. The second kappa shape index (κ2) is 8.01. The van der Waals surface area contributed by atoms with Crippen LogP contribution in [0.15, 0.2) is 24.3 Å². The van der Waals surface area contributed by atoms with E-state index in [0.29, 0.717) is 12.2 Å². The first kappa shape index (κ1) is 17.7. The van der Waals surface area contributed by atoms with Crippen molar-refractivity contribution in [1.29, 1.82) is 0 Å². The van der Waals surface area contributed by atoms with Crippen LogP contribution in [0, 0.1) is 0 Å². The minimum absolute atomic E-state index is 0. The highest BCUT2D eigenvalue weighted by atomic mass is 35.5. The van der Waals surface area contributed by atoms with E-state index in [2.05, 4.69) is 10.6 Å². The third-order valence-electron chi connectivity index (χ3n) is 2.22. The maximum Gasteiger partial charge on any atom is 0.393 e. The molecule has 0 aliphatic heterocycles. The normalized spacial score (nSPS) is 10.7. The van der Waals surface area contributed by atoms with Gasteiger partial charge in [0.05, 0.1) is 6.42 Å². The van der Waals surface area contributed by atoms with Gasteiger partial charge in [-0.25, -0.2) is 0 Å². The maximum absolute atomic E-state index is 12.2. The molecule has 0 saturated heterocycles. The van der Waals surface area contributed by atoms with Crippen molar-refractivity contribution in [3.63, 3.8) is 0 Å². The van der Waals surface area contributed by atoms with E-state index in [1.54, 1.807) is 13.1 Å². The molecule has 2 N–H and O–H groups in total. The Kier molecular flexibility index (Phi) is 7.48. The molecular formula is C12H16ClF3N2O. The van der Waals surface area contributed by atoms with Crippen molar-refractivity contribution in [1.82, 2.24) is 5.32 Å². The van der Waals surface area contributed by atoms with Crippen LogP contribution in [-0.4, -0.2) is 25.7 Å². The predicted octanol–water partition coefficient (Wildman–Crippen LogP) is 2.76. The zero-order chi connectivity index (χ0) is 13.6. The summed E-state index contributed by atoms with van der Waals surface area (Å²) in [5.41, 5.74) is 0.520. The number of anilines is 1. The molecule has 3 nitrogen and oxygen atoms in total. The summed E-state index contributed by atoms with van der Waals surface area (Å²) in [7, 11) is 1.72. The highest BCUT2D eigenvalue weighted by Crippen LogP contribution is 2.22. The first-order chi connectivity index (χ1) is 8.40. The van der Waals surface area contributed by atoms with E-state index in [0.717, 1.165) is 0 Å². The number of carbonyl (C=O) groups is 1. The number of halogens is 4. The zero-order valence-corrected chi connectivity index (χ0v) is 11.2. The van der Waals surface area contributed by atoms with Crippen LogP contribution in [0.3, 0.4) is 0 Å². The van der Waals surface area contributed by atoms with Crippen molar-refractivity contribution in [2.45, 2.75) is 19.0 Å². The van der Waals surface area contributed by atoms with E-state index in [4.69, 9.17) is 0 Å². The Morgan fingerprint density at radius 2 is 2.00 bits per heavy atom. The number of nitrogens with one attached hydrogen (secondary N) is 2. The molecule has 0 aliphatic carbocycles. The fourth-order valence-electron chi connectivity index (χ4n) is 1.45. The molecule has 1 aromatic carbocycles. The Morgan fingerprint density at radius 3 is 2.58 bits per heavy atom. The van der Waals surface area contributed by atoms with Crippen molar-refractivity contribution < 1.29 is 18.0 Å². The molecule has 0 saturated carbocycles. The van der Waals surface area contributed by atoms with Crippen LogP contribution >= 0.6 is 12.4 Å². The molecule has 7 heteroatoms. The van der Waals surface area contributed by atoms with Gasteiger partial charge in [0.25, 0.3) is 0 Å². The minimum atomic E-state index is -4.24. The van der Waals surface area contributed by atoms with Crippen LogP contribution in [0.4, 0.5) is 18.9 Å². The van der Waals surface area contributed by atoms with E-state index in [-0.39, 0.29) is 30.3 Å². The number of rotatable bonds is 5. The van der Waals surface area contributed by atoms with Crippen molar-refractivity contribution >= 4 is 24.0 Å². The third kappa shape index (κ3) is 7.69. The molecule has 108 valence electrons. The van der Waals surface area contributed by atoms with Gasteiger partial charge in [-0.3, -0.25) is 4.79 Å². The average molecular weight is 297 g/mol. The van der Waals surface area contributed by atoms with Crippen LogP contribution in [0.2, 0.25) is 0 Å². The number of carbonyl (C=O) groups excluding carboxylic acids is 1. The second-order valence-corrected chi connectivity index (χ2v) is 3.89. The van der Waals surface area contributed by atoms with Gasteiger partial charge in [-0.05, 0) is 24.7 Å². The molecule has 1 aromatic rings. The van der Waals surface area contributed by atoms with Crippen molar-refractivity contribution in [3.05, 3.63) is 29.8 Å². The van der Waals surface area contributed by atoms with Gasteiger partial charge in [-0.15, -0.1) is 12.4 Å². The quantitative estimate of drug-likeness (QED) is 0.877. The van der Waals surface area contributed by atoms with Gasteiger partial charge in [-0.1, -0.05) is 12.1 Å². The molecule has 0 heterocycles. The maximum atomic E-state index is 12.2. The number of hydrogen-bond donors (Lipinski definition) is 2. The molecule has 0 fully saturated rings. The van der Waals surface area contributed by atoms with Crippen LogP contribution in [0.1, 0.15) is 12.0 Å². The molecular weight excluding hydrogens is 281 g/mol. The Morgan fingerprint density at radius 1 is 1.32 bits per heavy atom. The Balaban J connectivity index is 0.00000324. The molecule has 0 atom stereocenters. The van der Waals surface area contributed by atoms with Crippen LogP contribution in [0.25, 0.3) is 0 Å². The number of hydrogen-bond acceptors (Lipinski definition) is 2. The van der Waals surface area contributed by atoms with Crippen LogP contribution < -0.4 is 10.6 Å². The SMILES string of the molecule is CNCCC(=O)Nc1cccc(CC(F)(F)F)c1.Cl. The van der Waals surface area contributed by atoms with E-state index in [1.807, 2.05) is 0 Å². The summed E-state index contributed by atoms with van der Waals surface area (Å²) in [6.07, 6.45) is -4.96. The van der Waals surface area contributed by atoms with E-state index in [9.17, 15) is 18.0 Å². The van der Waals surface area contributed by atoms with Gasteiger partial charge in [0, 0.05) is 18.7 Å². The standard InChI is InChI=1S/C12H15F3N2O.ClH/c1-16-6-5-11(18)17-10-4-2-3-9(7-10)8-12(13,14)15;/h2-4,7,16H,5-6,8H2,1H3,(H,17,18);1H. The van der Waals surface area contributed by atoms with Gasteiger partial charge < -0.3 is 10.6 Å². The molecule has 0 aromatic heterocycles. The molecule has 0 bridgehead atoms. The number of benzene rings is 1. The lowest BCUT2D eigenvalue weighted by Gasteiger charge is -2.09. The van der Waals surface area contributed by atoms with Crippen molar-refractivity contribution in [2.24, 2.45) is 0 Å². The average Bonchev–Trinajstić information content (AvgIpc) is 2.24. The summed E-state index contributed by atoms with van der Waals surface area (Å²) in [5, 5.41) is 5.37. The highest BCUT2D eigenvalue weighted by Gasteiger charge is 2.27. The first-order valence-corrected chi connectivity index (χ1v) is 5.51. The topological polar surface area (TPSA) is 41.1 Å². The third-order valence-corrected chi connectivity index (χ3v) is 2.22. The lowest BCUT2D eigenvalue weighted by atomic mass is 10.1. The minimum Gasteiger partial charge on any atom is -0.326 e. The first-order valence-electron chi connectivity index (χ1n) is 5.51. The molecule has 19 heavy (non-hydrogen) atoms. The molecule has 0 aliphatic rings. The van der Waals surface area contributed by atoms with Crippen LogP contribution in [0.5, 0.6) is 0 Å². The fourth-order valence-corrected chi connectivity index (χ4v) is 1.45. The highest BCUT2D eigenvalue weighted by molar-refractivity contribution is 5.90. The Bertz CT molecular complexity index is 410. The van der Waals surface area contributed by atoms with Gasteiger partial charge >= 0.3 is 6.18 Å². The lowest BCUT2D eigenvalue weighted by Crippen LogP contribution is -2.19. The summed E-state index contributed by atoms with van der Waals surface area (Å²) in [4.78, 5) is 11.4. The molecule has 0 spiro atoms. The van der Waals surface area contributed by atoms with Crippen molar-refractivity contribution in [3.8, 4) is 0 Å². The van der Waals surface area contributed by atoms with E-state index in [1.165, 1.54) is 18.2 Å². The van der Waals surface area contributed by atoms with Gasteiger partial charge in [0.2, 0.25) is 5.91 Å². The fraction of sp³-hybridized carbons (Fsp3) is 0.417. The second-order valence-electron chi connectivity index (χ2n) is 3.89. The van der Waals surface area contributed by atoms with E-state index >= 15 is 0 Å². The zero-order valence-electron chi connectivity index (χ0n) is 10.4. The van der Waals surface area contributed by atoms with Crippen LogP contribution in [-0.2, 0) is 11.2 Å². The number of alkyl halides is 3. The summed E-state index contributed by atoms with van der Waals surface area (Å²) in [5.74, 6) is -0.228. The Labute approximate surface area is 116 Å². The molecule has 1 rings (SSSR count). The van der Waals surface area contributed by atoms with Gasteiger partial charge in [0.15, 0.2) is 0 Å². The molecule has 0 unspecified atom stereocenters. The van der Waals surface area contributed by atoms with E-state index < -0.39 is 12.6 Å². The summed E-state index contributed by atoms with van der Waals surface area (Å²) < 4.78 is 36.6. The largest absolute Gasteiger partial charge is 0.393 e. The van der Waals surface area contributed by atoms with Crippen molar-refractivity contribution in [2.75, 3.05) is 18.9 Å². The Hall–Kier alpha value is -1.27. The predicted molar refractivity (Wildman–Crippen MR) is 70.6 cm³/mol. The summed E-state index contributed by atoms with van der Waals surface area (Å²) in [6.45, 7) is 0.522.